The molecule has 16 heavy (non-hydrogen) atoms. The molecule has 1 atom stereocenters. The molecule has 0 radical (unpaired) electrons. The van der Waals surface area contributed by atoms with Crippen molar-refractivity contribution < 1.29 is 4.74 Å². The molecule has 4 nitrogen and oxygen atoms in total. The Hall–Kier alpha value is -0.870. The molecule has 0 spiro atoms. The van der Waals surface area contributed by atoms with Crippen LogP contribution in [0, 0.1) is 0 Å². The van der Waals surface area contributed by atoms with Crippen LogP contribution in [-0.4, -0.2) is 35.4 Å². The SMILES string of the molecule is c1cn(CCCCNC2CCCOC2)cn1. The van der Waals surface area contributed by atoms with E-state index in [9.17, 15) is 0 Å². The van der Waals surface area contributed by atoms with Crippen LogP contribution in [0.25, 0.3) is 0 Å². The Kier molecular flexibility index (Phi) is 4.83. The van der Waals surface area contributed by atoms with Gasteiger partial charge in [0.2, 0.25) is 0 Å². The molecule has 0 bridgehead atoms. The fourth-order valence-electron chi connectivity index (χ4n) is 2.05. The van der Waals surface area contributed by atoms with E-state index in [4.69, 9.17) is 4.74 Å². The summed E-state index contributed by atoms with van der Waals surface area (Å²) in [6.07, 6.45) is 10.6. The molecule has 1 aromatic rings. The number of rotatable bonds is 6. The van der Waals surface area contributed by atoms with Crippen molar-refractivity contribution in [3.8, 4) is 0 Å². The topological polar surface area (TPSA) is 39.1 Å². The number of aromatic nitrogens is 2. The van der Waals surface area contributed by atoms with Gasteiger partial charge in [0.25, 0.3) is 0 Å². The zero-order valence-electron chi connectivity index (χ0n) is 9.77. The van der Waals surface area contributed by atoms with E-state index in [2.05, 4.69) is 14.9 Å². The molecule has 1 aliphatic rings. The number of hydrogen-bond donors (Lipinski definition) is 1. The minimum atomic E-state index is 0.585. The number of hydrogen-bond acceptors (Lipinski definition) is 3. The summed E-state index contributed by atoms with van der Waals surface area (Å²) in [7, 11) is 0. The van der Waals surface area contributed by atoms with Crippen LogP contribution in [0.4, 0.5) is 0 Å². The summed E-state index contributed by atoms with van der Waals surface area (Å²) in [6, 6.07) is 0.585. The second-order valence-electron chi connectivity index (χ2n) is 4.38. The number of nitrogens with one attached hydrogen (secondary N) is 1. The van der Waals surface area contributed by atoms with E-state index in [1.165, 1.54) is 25.7 Å². The summed E-state index contributed by atoms with van der Waals surface area (Å²) in [5, 5.41) is 3.55. The van der Waals surface area contributed by atoms with Gasteiger partial charge in [-0.05, 0) is 32.2 Å². The molecule has 0 aromatic carbocycles. The molecule has 1 unspecified atom stereocenters. The Morgan fingerprint density at radius 2 is 2.44 bits per heavy atom. The molecule has 0 amide bonds. The number of ether oxygens (including phenoxy) is 1. The van der Waals surface area contributed by atoms with Crippen molar-refractivity contribution in [3.05, 3.63) is 18.7 Å². The first kappa shape index (κ1) is 11.6. The van der Waals surface area contributed by atoms with Crippen molar-refractivity contribution in [2.75, 3.05) is 19.8 Å². The van der Waals surface area contributed by atoms with E-state index in [-0.39, 0.29) is 0 Å². The van der Waals surface area contributed by atoms with Gasteiger partial charge in [0.05, 0.1) is 12.9 Å². The summed E-state index contributed by atoms with van der Waals surface area (Å²) in [6.45, 7) is 4.01. The van der Waals surface area contributed by atoms with Crippen LogP contribution in [0.5, 0.6) is 0 Å². The van der Waals surface area contributed by atoms with Gasteiger partial charge in [-0.2, -0.15) is 0 Å². The third kappa shape index (κ3) is 3.94. The van der Waals surface area contributed by atoms with Crippen LogP contribution < -0.4 is 5.32 Å². The molecular formula is C12H21N3O. The van der Waals surface area contributed by atoms with E-state index >= 15 is 0 Å². The fourth-order valence-corrected chi connectivity index (χ4v) is 2.05. The summed E-state index contributed by atoms with van der Waals surface area (Å²) in [5.41, 5.74) is 0. The lowest BCUT2D eigenvalue weighted by Gasteiger charge is -2.23. The molecule has 4 heteroatoms. The predicted octanol–water partition coefficient (Wildman–Crippen LogP) is 1.43. The van der Waals surface area contributed by atoms with Crippen molar-refractivity contribution in [3.63, 3.8) is 0 Å². The van der Waals surface area contributed by atoms with Gasteiger partial charge in [-0.1, -0.05) is 0 Å². The first-order valence-electron chi connectivity index (χ1n) is 6.22. The van der Waals surface area contributed by atoms with E-state index in [1.807, 2.05) is 18.7 Å². The lowest BCUT2D eigenvalue weighted by Crippen LogP contribution is -2.37. The summed E-state index contributed by atoms with van der Waals surface area (Å²) >= 11 is 0. The molecule has 0 aliphatic carbocycles. The van der Waals surface area contributed by atoms with Crippen LogP contribution in [0.3, 0.4) is 0 Å². The van der Waals surface area contributed by atoms with Gasteiger partial charge >= 0.3 is 0 Å². The maximum absolute atomic E-state index is 5.42. The quantitative estimate of drug-likeness (QED) is 0.742. The van der Waals surface area contributed by atoms with E-state index < -0.39 is 0 Å². The van der Waals surface area contributed by atoms with E-state index in [0.717, 1.165) is 26.3 Å². The van der Waals surface area contributed by atoms with Gasteiger partial charge in [0.1, 0.15) is 0 Å². The zero-order chi connectivity index (χ0) is 11.1. The second-order valence-corrected chi connectivity index (χ2v) is 4.38. The Morgan fingerprint density at radius 1 is 1.44 bits per heavy atom. The highest BCUT2D eigenvalue weighted by Gasteiger charge is 2.11. The smallest absolute Gasteiger partial charge is 0.0945 e. The molecule has 2 heterocycles. The Labute approximate surface area is 97.0 Å². The highest BCUT2D eigenvalue weighted by atomic mass is 16.5. The zero-order valence-corrected chi connectivity index (χ0v) is 9.77. The molecule has 2 rings (SSSR count). The number of imidazole rings is 1. The van der Waals surface area contributed by atoms with Gasteiger partial charge in [-0.25, -0.2) is 4.98 Å². The molecule has 1 N–H and O–H groups in total. The molecule has 1 fully saturated rings. The standard InChI is InChI=1S/C12H21N3O/c1(2-7-15-8-6-13-11-15)5-14-12-4-3-9-16-10-12/h6,8,11-12,14H,1-5,7,9-10H2. The van der Waals surface area contributed by atoms with Crippen LogP contribution in [-0.2, 0) is 11.3 Å². The van der Waals surface area contributed by atoms with Crippen molar-refractivity contribution in [1.29, 1.82) is 0 Å². The van der Waals surface area contributed by atoms with Gasteiger partial charge in [0.15, 0.2) is 0 Å². The predicted molar refractivity (Wildman–Crippen MR) is 63.3 cm³/mol. The van der Waals surface area contributed by atoms with Crippen molar-refractivity contribution >= 4 is 0 Å². The van der Waals surface area contributed by atoms with Crippen molar-refractivity contribution in [1.82, 2.24) is 14.9 Å². The molecule has 0 saturated carbocycles. The van der Waals surface area contributed by atoms with Gasteiger partial charge in [-0.15, -0.1) is 0 Å². The third-order valence-electron chi connectivity index (χ3n) is 3.00. The fraction of sp³-hybridized carbons (Fsp3) is 0.750. The number of unbranched alkanes of at least 4 members (excludes halogenated alkanes) is 1. The Morgan fingerprint density at radius 3 is 3.19 bits per heavy atom. The minimum absolute atomic E-state index is 0.585. The van der Waals surface area contributed by atoms with E-state index in [1.54, 1.807) is 0 Å². The summed E-state index contributed by atoms with van der Waals surface area (Å²) < 4.78 is 7.55. The maximum Gasteiger partial charge on any atom is 0.0945 e. The molecule has 1 aliphatic heterocycles. The Balaban J connectivity index is 1.48. The normalized spacial score (nSPS) is 21.1. The maximum atomic E-state index is 5.42. The highest BCUT2D eigenvalue weighted by Crippen LogP contribution is 2.05. The third-order valence-corrected chi connectivity index (χ3v) is 3.00. The van der Waals surface area contributed by atoms with Gasteiger partial charge in [-0.3, -0.25) is 0 Å². The number of aryl methyl sites for hydroxylation is 1. The Bertz CT molecular complexity index is 268. The average Bonchev–Trinajstić information content (AvgIpc) is 2.83. The lowest BCUT2D eigenvalue weighted by molar-refractivity contribution is 0.0704. The number of nitrogens with zero attached hydrogens (tertiary/aromatic N) is 2. The van der Waals surface area contributed by atoms with Crippen LogP contribution in [0.1, 0.15) is 25.7 Å². The molecular weight excluding hydrogens is 202 g/mol. The first-order chi connectivity index (χ1) is 7.95. The van der Waals surface area contributed by atoms with Gasteiger partial charge in [0, 0.05) is 31.6 Å². The van der Waals surface area contributed by atoms with Crippen LogP contribution >= 0.6 is 0 Å². The van der Waals surface area contributed by atoms with Crippen molar-refractivity contribution in [2.45, 2.75) is 38.3 Å². The average molecular weight is 223 g/mol. The largest absolute Gasteiger partial charge is 0.380 e. The molecule has 1 aromatic heterocycles. The second kappa shape index (κ2) is 6.66. The monoisotopic (exact) mass is 223 g/mol. The lowest BCUT2D eigenvalue weighted by atomic mass is 10.1. The summed E-state index contributed by atoms with van der Waals surface area (Å²) in [5.74, 6) is 0. The van der Waals surface area contributed by atoms with Crippen LogP contribution in [0.15, 0.2) is 18.7 Å². The summed E-state index contributed by atoms with van der Waals surface area (Å²) in [4.78, 5) is 4.03. The van der Waals surface area contributed by atoms with Gasteiger partial charge < -0.3 is 14.6 Å². The van der Waals surface area contributed by atoms with Crippen LogP contribution in [0.2, 0.25) is 0 Å². The molecule has 1 saturated heterocycles. The van der Waals surface area contributed by atoms with Crippen molar-refractivity contribution in [2.24, 2.45) is 0 Å². The first-order valence-corrected chi connectivity index (χ1v) is 6.22. The molecule has 90 valence electrons. The van der Waals surface area contributed by atoms with E-state index in [0.29, 0.717) is 6.04 Å². The minimum Gasteiger partial charge on any atom is -0.380 e. The highest BCUT2D eigenvalue weighted by molar-refractivity contribution is 4.74.